The van der Waals surface area contributed by atoms with Crippen LogP contribution in [0.15, 0.2) is 42.7 Å². The van der Waals surface area contributed by atoms with E-state index in [-0.39, 0.29) is 0 Å². The molecule has 0 fully saturated rings. The second kappa shape index (κ2) is 3.35. The van der Waals surface area contributed by atoms with E-state index in [1.54, 1.807) is 12.4 Å². The van der Waals surface area contributed by atoms with Crippen LogP contribution in [0, 0.1) is 0 Å². The molecule has 1 aromatic heterocycles. The van der Waals surface area contributed by atoms with Gasteiger partial charge < -0.3 is 4.90 Å². The molecule has 0 spiro atoms. The standard InChI is InChI=1S/C12H11N3/c1-2-4-10(5-3-1)15-9-6-11-12(15)14-8-7-13-11/h1-5,7-8H,6,9H2. The lowest BCUT2D eigenvalue weighted by Gasteiger charge is -2.17. The van der Waals surface area contributed by atoms with Gasteiger partial charge in [0.1, 0.15) is 0 Å². The van der Waals surface area contributed by atoms with E-state index in [4.69, 9.17) is 0 Å². The van der Waals surface area contributed by atoms with Crippen LogP contribution < -0.4 is 4.90 Å². The molecule has 1 aliphatic rings. The Kier molecular flexibility index (Phi) is 1.88. The van der Waals surface area contributed by atoms with Crippen molar-refractivity contribution in [1.82, 2.24) is 9.97 Å². The van der Waals surface area contributed by atoms with Gasteiger partial charge in [-0.05, 0) is 12.1 Å². The number of benzene rings is 1. The van der Waals surface area contributed by atoms with Gasteiger partial charge in [0.2, 0.25) is 0 Å². The highest BCUT2D eigenvalue weighted by molar-refractivity contribution is 5.64. The Bertz CT molecular complexity index is 467. The smallest absolute Gasteiger partial charge is 0.154 e. The lowest BCUT2D eigenvalue weighted by atomic mass is 10.3. The van der Waals surface area contributed by atoms with Gasteiger partial charge in [0.25, 0.3) is 0 Å². The minimum Gasteiger partial charge on any atom is -0.324 e. The Labute approximate surface area is 88.4 Å². The summed E-state index contributed by atoms with van der Waals surface area (Å²) in [6, 6.07) is 10.3. The van der Waals surface area contributed by atoms with E-state index < -0.39 is 0 Å². The van der Waals surface area contributed by atoms with Crippen LogP contribution in [0.5, 0.6) is 0 Å². The van der Waals surface area contributed by atoms with Crippen molar-refractivity contribution in [2.75, 3.05) is 11.4 Å². The Balaban J connectivity index is 2.05. The minimum atomic E-state index is 0.976. The Morgan fingerprint density at radius 2 is 1.80 bits per heavy atom. The summed E-state index contributed by atoms with van der Waals surface area (Å²) in [4.78, 5) is 10.9. The van der Waals surface area contributed by atoms with Crippen molar-refractivity contribution >= 4 is 11.5 Å². The summed E-state index contributed by atoms with van der Waals surface area (Å²) in [5.74, 6) is 1.00. The lowest BCUT2D eigenvalue weighted by molar-refractivity contribution is 0.976. The van der Waals surface area contributed by atoms with E-state index in [1.165, 1.54) is 5.69 Å². The summed E-state index contributed by atoms with van der Waals surface area (Å²) in [7, 11) is 0. The molecule has 0 saturated carbocycles. The summed E-state index contributed by atoms with van der Waals surface area (Å²) >= 11 is 0. The van der Waals surface area contributed by atoms with Crippen molar-refractivity contribution < 1.29 is 0 Å². The summed E-state index contributed by atoms with van der Waals surface area (Å²) in [6.07, 6.45) is 4.49. The van der Waals surface area contributed by atoms with E-state index in [0.29, 0.717) is 0 Å². The minimum absolute atomic E-state index is 0.976. The van der Waals surface area contributed by atoms with Crippen molar-refractivity contribution in [3.05, 3.63) is 48.4 Å². The average molecular weight is 197 g/mol. The van der Waals surface area contributed by atoms with E-state index in [2.05, 4.69) is 27.0 Å². The van der Waals surface area contributed by atoms with Crippen molar-refractivity contribution in [2.24, 2.45) is 0 Å². The third-order valence-corrected chi connectivity index (χ3v) is 2.65. The van der Waals surface area contributed by atoms with E-state index >= 15 is 0 Å². The zero-order valence-corrected chi connectivity index (χ0v) is 8.30. The SMILES string of the molecule is c1ccc(N2CCc3nccnc32)cc1. The molecule has 0 amide bonds. The molecule has 2 aromatic rings. The fourth-order valence-corrected chi connectivity index (χ4v) is 1.94. The molecule has 74 valence electrons. The second-order valence-corrected chi connectivity index (χ2v) is 3.56. The topological polar surface area (TPSA) is 29.0 Å². The summed E-state index contributed by atoms with van der Waals surface area (Å²) < 4.78 is 0. The maximum Gasteiger partial charge on any atom is 0.154 e. The number of aromatic nitrogens is 2. The molecule has 0 N–H and O–H groups in total. The highest BCUT2D eigenvalue weighted by Gasteiger charge is 2.21. The van der Waals surface area contributed by atoms with Crippen LogP contribution in [0.25, 0.3) is 0 Å². The molecule has 0 unspecified atom stereocenters. The molecule has 1 aromatic carbocycles. The maximum absolute atomic E-state index is 4.38. The number of anilines is 2. The zero-order chi connectivity index (χ0) is 10.1. The Hall–Kier alpha value is -1.90. The van der Waals surface area contributed by atoms with Gasteiger partial charge in [0.15, 0.2) is 5.82 Å². The molecule has 0 aliphatic carbocycles. The summed E-state index contributed by atoms with van der Waals surface area (Å²) in [5.41, 5.74) is 2.29. The molecule has 0 radical (unpaired) electrons. The van der Waals surface area contributed by atoms with Crippen molar-refractivity contribution in [1.29, 1.82) is 0 Å². The second-order valence-electron chi connectivity index (χ2n) is 3.56. The predicted molar refractivity (Wildman–Crippen MR) is 59.2 cm³/mol. The normalized spacial score (nSPS) is 14.0. The van der Waals surface area contributed by atoms with Gasteiger partial charge in [-0.3, -0.25) is 4.98 Å². The summed E-state index contributed by atoms with van der Waals surface area (Å²) in [5, 5.41) is 0. The molecular formula is C12H11N3. The molecule has 3 rings (SSSR count). The predicted octanol–water partition coefficient (Wildman–Crippen LogP) is 2.17. The number of hydrogen-bond donors (Lipinski definition) is 0. The third-order valence-electron chi connectivity index (χ3n) is 2.65. The van der Waals surface area contributed by atoms with Crippen LogP contribution in [0.3, 0.4) is 0 Å². The molecule has 0 saturated heterocycles. The number of para-hydroxylation sites is 1. The van der Waals surface area contributed by atoms with Gasteiger partial charge in [-0.25, -0.2) is 4.98 Å². The number of nitrogens with zero attached hydrogens (tertiary/aromatic N) is 3. The lowest BCUT2D eigenvalue weighted by Crippen LogP contribution is -2.13. The van der Waals surface area contributed by atoms with Crippen LogP contribution in [0.2, 0.25) is 0 Å². The van der Waals surface area contributed by atoms with Crippen LogP contribution in [0.4, 0.5) is 11.5 Å². The first-order valence-electron chi connectivity index (χ1n) is 5.07. The van der Waals surface area contributed by atoms with E-state index in [9.17, 15) is 0 Å². The fraction of sp³-hybridized carbons (Fsp3) is 0.167. The molecule has 1 aliphatic heterocycles. The zero-order valence-electron chi connectivity index (χ0n) is 8.30. The van der Waals surface area contributed by atoms with Gasteiger partial charge in [0, 0.05) is 31.0 Å². The first-order chi connectivity index (χ1) is 7.45. The Morgan fingerprint density at radius 3 is 2.67 bits per heavy atom. The van der Waals surface area contributed by atoms with Gasteiger partial charge in [-0.2, -0.15) is 0 Å². The molecule has 3 nitrogen and oxygen atoms in total. The highest BCUT2D eigenvalue weighted by atomic mass is 15.2. The number of rotatable bonds is 1. The first kappa shape index (κ1) is 8.41. The molecule has 0 bridgehead atoms. The molecule has 3 heteroatoms. The Morgan fingerprint density at radius 1 is 1.00 bits per heavy atom. The van der Waals surface area contributed by atoms with Gasteiger partial charge >= 0.3 is 0 Å². The first-order valence-corrected chi connectivity index (χ1v) is 5.07. The highest BCUT2D eigenvalue weighted by Crippen LogP contribution is 2.30. The van der Waals surface area contributed by atoms with E-state index in [0.717, 1.165) is 24.5 Å². The summed E-state index contributed by atoms with van der Waals surface area (Å²) in [6.45, 7) is 0.976. The quantitative estimate of drug-likeness (QED) is 0.701. The van der Waals surface area contributed by atoms with Crippen molar-refractivity contribution in [3.63, 3.8) is 0 Å². The van der Waals surface area contributed by atoms with Crippen molar-refractivity contribution in [3.8, 4) is 0 Å². The molecule has 2 heterocycles. The van der Waals surface area contributed by atoms with Crippen LogP contribution in [-0.4, -0.2) is 16.5 Å². The third kappa shape index (κ3) is 1.36. The fourth-order valence-electron chi connectivity index (χ4n) is 1.94. The average Bonchev–Trinajstić information content (AvgIpc) is 2.74. The van der Waals surface area contributed by atoms with Crippen molar-refractivity contribution in [2.45, 2.75) is 6.42 Å². The van der Waals surface area contributed by atoms with Gasteiger partial charge in [0.05, 0.1) is 5.69 Å². The van der Waals surface area contributed by atoms with Crippen LogP contribution >= 0.6 is 0 Å². The molecule has 0 atom stereocenters. The number of hydrogen-bond acceptors (Lipinski definition) is 3. The molecular weight excluding hydrogens is 186 g/mol. The number of fused-ring (bicyclic) bond motifs is 1. The van der Waals surface area contributed by atoms with Gasteiger partial charge in [-0.15, -0.1) is 0 Å². The monoisotopic (exact) mass is 197 g/mol. The van der Waals surface area contributed by atoms with Gasteiger partial charge in [-0.1, -0.05) is 18.2 Å². The van der Waals surface area contributed by atoms with Crippen LogP contribution in [-0.2, 0) is 6.42 Å². The van der Waals surface area contributed by atoms with E-state index in [1.807, 2.05) is 18.2 Å². The largest absolute Gasteiger partial charge is 0.324 e. The molecule has 15 heavy (non-hydrogen) atoms. The van der Waals surface area contributed by atoms with Crippen LogP contribution in [0.1, 0.15) is 5.69 Å². The maximum atomic E-state index is 4.38.